The minimum atomic E-state index is -3.07. The number of hydrogen-bond acceptors (Lipinski definition) is 4. The van der Waals surface area contributed by atoms with Gasteiger partial charge in [-0.1, -0.05) is 13.8 Å². The maximum atomic E-state index is 12.4. The molecule has 0 aliphatic carbocycles. The minimum absolute atomic E-state index is 0.0238. The van der Waals surface area contributed by atoms with E-state index in [4.69, 9.17) is 4.42 Å². The molecule has 1 N–H and O–H groups in total. The van der Waals surface area contributed by atoms with Gasteiger partial charge >= 0.3 is 6.03 Å². The first-order valence-corrected chi connectivity index (χ1v) is 9.95. The molecular weight excluding hydrogens is 316 g/mol. The molecule has 1 aliphatic rings. The average Bonchev–Trinajstić information content (AvgIpc) is 2.93. The highest BCUT2D eigenvalue weighted by Crippen LogP contribution is 2.34. The standard InChI is InChI=1S/C16H26N2O4S/c1-4-23(20,21)10-8-17-16(19)18-9-7-12(2)11-14(18)15-6-5-13(3)22-15/h5-6,12,14H,4,7-11H2,1-3H3,(H,17,19)/t12-,14+/m0/s1. The predicted octanol–water partition coefficient (Wildman–Crippen LogP) is 2.51. The lowest BCUT2D eigenvalue weighted by molar-refractivity contribution is 0.119. The molecule has 0 radical (unpaired) electrons. The summed E-state index contributed by atoms with van der Waals surface area (Å²) in [5.41, 5.74) is 0. The third kappa shape index (κ3) is 4.73. The Kier molecular flexibility index (Phi) is 5.73. The Hall–Kier alpha value is -1.50. The summed E-state index contributed by atoms with van der Waals surface area (Å²) in [6.07, 6.45) is 1.80. The molecule has 1 saturated heterocycles. The van der Waals surface area contributed by atoms with Crippen LogP contribution in [0.1, 0.15) is 44.3 Å². The number of amides is 2. The Morgan fingerprint density at radius 3 is 2.78 bits per heavy atom. The number of piperidine rings is 1. The summed E-state index contributed by atoms with van der Waals surface area (Å²) in [6, 6.07) is 3.51. The van der Waals surface area contributed by atoms with Crippen LogP contribution in [-0.2, 0) is 9.84 Å². The third-order valence-corrected chi connectivity index (χ3v) is 6.05. The van der Waals surface area contributed by atoms with Gasteiger partial charge in [0.2, 0.25) is 0 Å². The molecule has 2 rings (SSSR count). The third-order valence-electron chi connectivity index (χ3n) is 4.34. The molecule has 2 heterocycles. The van der Waals surface area contributed by atoms with Crippen molar-refractivity contribution in [3.63, 3.8) is 0 Å². The molecule has 6 nitrogen and oxygen atoms in total. The van der Waals surface area contributed by atoms with Crippen LogP contribution in [0.4, 0.5) is 4.79 Å². The Morgan fingerprint density at radius 2 is 2.17 bits per heavy atom. The van der Waals surface area contributed by atoms with Crippen LogP contribution in [0.2, 0.25) is 0 Å². The molecule has 0 bridgehead atoms. The van der Waals surface area contributed by atoms with E-state index in [-0.39, 0.29) is 30.1 Å². The molecule has 0 unspecified atom stereocenters. The van der Waals surface area contributed by atoms with Crippen LogP contribution in [0.5, 0.6) is 0 Å². The molecule has 7 heteroatoms. The molecule has 23 heavy (non-hydrogen) atoms. The number of urea groups is 1. The second-order valence-corrected chi connectivity index (χ2v) is 8.73. The van der Waals surface area contributed by atoms with E-state index in [0.717, 1.165) is 24.4 Å². The smallest absolute Gasteiger partial charge is 0.318 e. The lowest BCUT2D eigenvalue weighted by atomic mass is 9.91. The maximum absolute atomic E-state index is 12.4. The van der Waals surface area contributed by atoms with Crippen LogP contribution < -0.4 is 5.32 Å². The monoisotopic (exact) mass is 342 g/mol. The van der Waals surface area contributed by atoms with Gasteiger partial charge in [-0.15, -0.1) is 0 Å². The van der Waals surface area contributed by atoms with Gasteiger partial charge in [-0.25, -0.2) is 13.2 Å². The average molecular weight is 342 g/mol. The van der Waals surface area contributed by atoms with Crippen molar-refractivity contribution in [3.8, 4) is 0 Å². The van der Waals surface area contributed by atoms with Crippen molar-refractivity contribution < 1.29 is 17.6 Å². The van der Waals surface area contributed by atoms with Gasteiger partial charge in [0.1, 0.15) is 11.5 Å². The van der Waals surface area contributed by atoms with E-state index in [2.05, 4.69) is 12.2 Å². The normalized spacial score (nSPS) is 22.1. The first-order valence-electron chi connectivity index (χ1n) is 8.13. The lowest BCUT2D eigenvalue weighted by Crippen LogP contribution is -2.47. The second-order valence-electron chi connectivity index (χ2n) is 6.26. The highest BCUT2D eigenvalue weighted by Gasteiger charge is 2.32. The highest BCUT2D eigenvalue weighted by atomic mass is 32.2. The summed E-state index contributed by atoms with van der Waals surface area (Å²) in [6.45, 7) is 6.46. The number of nitrogens with zero attached hydrogens (tertiary/aromatic N) is 1. The van der Waals surface area contributed by atoms with Gasteiger partial charge in [0, 0.05) is 18.8 Å². The van der Waals surface area contributed by atoms with Crippen molar-refractivity contribution in [1.29, 1.82) is 0 Å². The van der Waals surface area contributed by atoms with Crippen molar-refractivity contribution in [2.75, 3.05) is 24.6 Å². The van der Waals surface area contributed by atoms with Crippen LogP contribution >= 0.6 is 0 Å². The van der Waals surface area contributed by atoms with Crippen LogP contribution in [0.25, 0.3) is 0 Å². The van der Waals surface area contributed by atoms with Gasteiger partial charge < -0.3 is 14.6 Å². The number of likely N-dealkylation sites (tertiary alicyclic amines) is 1. The first kappa shape index (κ1) is 17.8. The summed E-state index contributed by atoms with van der Waals surface area (Å²) < 4.78 is 28.7. The number of aryl methyl sites for hydroxylation is 1. The zero-order valence-corrected chi connectivity index (χ0v) is 14.9. The van der Waals surface area contributed by atoms with E-state index in [1.807, 2.05) is 19.1 Å². The second kappa shape index (κ2) is 7.38. The van der Waals surface area contributed by atoms with Crippen molar-refractivity contribution >= 4 is 15.9 Å². The van der Waals surface area contributed by atoms with Gasteiger partial charge in [0.05, 0.1) is 11.8 Å². The summed E-state index contributed by atoms with van der Waals surface area (Å²) in [5.74, 6) is 2.22. The molecule has 1 aliphatic heterocycles. The Labute approximate surface area is 138 Å². The van der Waals surface area contributed by atoms with Crippen LogP contribution in [0, 0.1) is 12.8 Å². The zero-order valence-electron chi connectivity index (χ0n) is 14.0. The largest absolute Gasteiger partial charge is 0.464 e. The number of hydrogen-bond donors (Lipinski definition) is 1. The number of carbonyl (C=O) groups is 1. The van der Waals surface area contributed by atoms with Crippen LogP contribution in [0.15, 0.2) is 16.5 Å². The summed E-state index contributed by atoms with van der Waals surface area (Å²) in [7, 11) is -3.07. The number of rotatable bonds is 5. The summed E-state index contributed by atoms with van der Waals surface area (Å²) in [5, 5.41) is 2.73. The fourth-order valence-electron chi connectivity index (χ4n) is 2.85. The summed E-state index contributed by atoms with van der Waals surface area (Å²) >= 11 is 0. The van der Waals surface area contributed by atoms with E-state index >= 15 is 0 Å². The zero-order chi connectivity index (χ0) is 17.0. The van der Waals surface area contributed by atoms with E-state index in [1.54, 1.807) is 11.8 Å². The SMILES string of the molecule is CCS(=O)(=O)CCNC(=O)N1CC[C@H](C)C[C@@H]1c1ccc(C)o1. The molecule has 0 saturated carbocycles. The predicted molar refractivity (Wildman–Crippen MR) is 89.0 cm³/mol. The fourth-order valence-corrected chi connectivity index (χ4v) is 3.55. The fraction of sp³-hybridized carbons (Fsp3) is 0.688. The van der Waals surface area contributed by atoms with E-state index < -0.39 is 9.84 Å². The minimum Gasteiger partial charge on any atom is -0.464 e. The quantitative estimate of drug-likeness (QED) is 0.891. The maximum Gasteiger partial charge on any atom is 0.318 e. The molecule has 1 aromatic rings. The van der Waals surface area contributed by atoms with Gasteiger partial charge in [-0.2, -0.15) is 0 Å². The van der Waals surface area contributed by atoms with Gasteiger partial charge in [0.15, 0.2) is 9.84 Å². The van der Waals surface area contributed by atoms with Gasteiger partial charge in [-0.3, -0.25) is 0 Å². The number of carbonyl (C=O) groups excluding carboxylic acids is 1. The molecule has 2 amide bonds. The highest BCUT2D eigenvalue weighted by molar-refractivity contribution is 7.91. The molecule has 130 valence electrons. The Balaban J connectivity index is 2.01. The van der Waals surface area contributed by atoms with Crippen molar-refractivity contribution in [3.05, 3.63) is 23.7 Å². The topological polar surface area (TPSA) is 79.6 Å². The van der Waals surface area contributed by atoms with E-state index in [9.17, 15) is 13.2 Å². The molecule has 0 spiro atoms. The van der Waals surface area contributed by atoms with Gasteiger partial charge in [0.25, 0.3) is 0 Å². The van der Waals surface area contributed by atoms with Crippen LogP contribution in [0.3, 0.4) is 0 Å². The van der Waals surface area contributed by atoms with Crippen molar-refractivity contribution in [2.24, 2.45) is 5.92 Å². The molecular formula is C16H26N2O4S. The molecule has 0 aromatic carbocycles. The summed E-state index contributed by atoms with van der Waals surface area (Å²) in [4.78, 5) is 14.2. The number of sulfone groups is 1. The van der Waals surface area contributed by atoms with Crippen molar-refractivity contribution in [2.45, 2.75) is 39.7 Å². The first-order chi connectivity index (χ1) is 10.8. The number of furan rings is 1. The lowest BCUT2D eigenvalue weighted by Gasteiger charge is -2.37. The van der Waals surface area contributed by atoms with E-state index in [0.29, 0.717) is 12.5 Å². The number of nitrogens with one attached hydrogen (secondary N) is 1. The van der Waals surface area contributed by atoms with Crippen molar-refractivity contribution in [1.82, 2.24) is 10.2 Å². The van der Waals surface area contributed by atoms with Crippen LogP contribution in [-0.4, -0.2) is 43.9 Å². The molecule has 1 fully saturated rings. The van der Waals surface area contributed by atoms with Gasteiger partial charge in [-0.05, 0) is 37.8 Å². The Morgan fingerprint density at radius 1 is 1.43 bits per heavy atom. The Bertz CT molecular complexity index is 638. The van der Waals surface area contributed by atoms with E-state index in [1.165, 1.54) is 0 Å². The molecule has 2 atom stereocenters. The molecule has 1 aromatic heterocycles.